The van der Waals surface area contributed by atoms with E-state index in [4.69, 9.17) is 15.2 Å². The van der Waals surface area contributed by atoms with E-state index in [0.717, 1.165) is 53.4 Å². The van der Waals surface area contributed by atoms with Crippen molar-refractivity contribution in [3.8, 4) is 22.9 Å². The van der Waals surface area contributed by atoms with E-state index in [0.29, 0.717) is 18.2 Å². The highest BCUT2D eigenvalue weighted by Crippen LogP contribution is 2.26. The Kier molecular flexibility index (Phi) is 7.18. The minimum absolute atomic E-state index is 0.452. The summed E-state index contributed by atoms with van der Waals surface area (Å²) in [7, 11) is 1.70. The summed E-state index contributed by atoms with van der Waals surface area (Å²) in [5.74, 6) is 2.04. The molecule has 1 atom stereocenters. The van der Waals surface area contributed by atoms with Crippen LogP contribution in [0.1, 0.15) is 41.6 Å². The van der Waals surface area contributed by atoms with Crippen molar-refractivity contribution in [3.63, 3.8) is 0 Å². The lowest BCUT2D eigenvalue weighted by Crippen LogP contribution is -2.39. The Bertz CT molecular complexity index is 1310. The molecule has 1 aliphatic rings. The molecule has 0 spiro atoms. The van der Waals surface area contributed by atoms with Gasteiger partial charge in [-0.2, -0.15) is 0 Å². The highest BCUT2D eigenvalue weighted by molar-refractivity contribution is 5.96. The number of carbonyl (C=O) groups is 1. The van der Waals surface area contributed by atoms with E-state index in [1.54, 1.807) is 25.3 Å². The van der Waals surface area contributed by atoms with Crippen LogP contribution in [0.2, 0.25) is 0 Å². The zero-order valence-corrected chi connectivity index (χ0v) is 20.6. The number of nitrogens with zero attached hydrogens (tertiary/aromatic N) is 2. The van der Waals surface area contributed by atoms with Gasteiger partial charge in [0.25, 0.3) is 0 Å². The van der Waals surface area contributed by atoms with Gasteiger partial charge in [0.1, 0.15) is 17.3 Å². The average molecular weight is 485 g/mol. The Morgan fingerprint density at radius 3 is 2.58 bits per heavy atom. The maximum Gasteiger partial charge on any atom is 0.248 e. The van der Waals surface area contributed by atoms with Crippen molar-refractivity contribution >= 4 is 16.9 Å². The fourth-order valence-electron chi connectivity index (χ4n) is 4.88. The van der Waals surface area contributed by atoms with Gasteiger partial charge in [0.05, 0.1) is 24.8 Å². The van der Waals surface area contributed by atoms with E-state index in [9.17, 15) is 4.79 Å². The summed E-state index contributed by atoms with van der Waals surface area (Å²) in [4.78, 5) is 21.9. The number of hydrogen-bond donors (Lipinski definition) is 2. The van der Waals surface area contributed by atoms with Gasteiger partial charge < -0.3 is 20.2 Å². The number of ether oxygens (including phenoxy) is 2. The monoisotopic (exact) mass is 484 g/mol. The Morgan fingerprint density at radius 2 is 1.83 bits per heavy atom. The fraction of sp³-hybridized carbons (Fsp3) is 0.310. The van der Waals surface area contributed by atoms with Gasteiger partial charge in [0, 0.05) is 23.7 Å². The number of aromatic nitrogens is 2. The van der Waals surface area contributed by atoms with Gasteiger partial charge in [-0.1, -0.05) is 18.6 Å². The lowest BCUT2D eigenvalue weighted by atomic mass is 9.99. The molecule has 1 saturated heterocycles. The number of H-pyrrole nitrogens is 1. The van der Waals surface area contributed by atoms with Crippen LogP contribution >= 0.6 is 0 Å². The Morgan fingerprint density at radius 1 is 1.06 bits per heavy atom. The number of rotatable bonds is 9. The predicted molar refractivity (Wildman–Crippen MR) is 141 cm³/mol. The summed E-state index contributed by atoms with van der Waals surface area (Å²) in [6.07, 6.45) is 4.74. The smallest absolute Gasteiger partial charge is 0.248 e. The minimum Gasteiger partial charge on any atom is -0.497 e. The molecule has 0 bridgehead atoms. The van der Waals surface area contributed by atoms with E-state index in [-0.39, 0.29) is 0 Å². The van der Waals surface area contributed by atoms with Crippen molar-refractivity contribution in [2.24, 2.45) is 5.73 Å². The van der Waals surface area contributed by atoms with Gasteiger partial charge in [-0.15, -0.1) is 0 Å². The molecular weight excluding hydrogens is 452 g/mol. The Labute approximate surface area is 211 Å². The number of aromatic amines is 1. The zero-order valence-electron chi connectivity index (χ0n) is 20.6. The quantitative estimate of drug-likeness (QED) is 0.342. The maximum atomic E-state index is 11.4. The molecule has 1 amide bonds. The molecule has 36 heavy (non-hydrogen) atoms. The van der Waals surface area contributed by atoms with Crippen molar-refractivity contribution in [2.45, 2.75) is 38.3 Å². The van der Waals surface area contributed by atoms with E-state index >= 15 is 0 Å². The lowest BCUT2D eigenvalue weighted by Gasteiger charge is -2.35. The Hall–Kier alpha value is -3.84. The third-order valence-corrected chi connectivity index (χ3v) is 6.91. The van der Waals surface area contributed by atoms with Crippen LogP contribution in [-0.2, 0) is 6.54 Å². The van der Waals surface area contributed by atoms with Gasteiger partial charge in [-0.25, -0.2) is 4.98 Å². The van der Waals surface area contributed by atoms with Gasteiger partial charge in [0.2, 0.25) is 5.91 Å². The number of nitrogens with one attached hydrogen (secondary N) is 1. The molecule has 1 aromatic heterocycles. The largest absolute Gasteiger partial charge is 0.497 e. The van der Waals surface area contributed by atoms with E-state index < -0.39 is 5.91 Å². The standard InChI is InChI=1S/C29H32N4O3/c1-35-24-10-5-20(6-11-24)19-33-16-3-2-4-23(33)15-17-36-25-12-7-21(8-13-25)29-31-26-14-9-22(28(30)34)18-27(26)32-29/h5-14,18,23H,2-4,15-17,19H2,1H3,(H2,30,34)(H,31,32). The highest BCUT2D eigenvalue weighted by Gasteiger charge is 2.22. The third-order valence-electron chi connectivity index (χ3n) is 6.91. The minimum atomic E-state index is -0.452. The first kappa shape index (κ1) is 23.9. The molecular formula is C29H32N4O3. The SMILES string of the molecule is COc1ccc(CN2CCCCC2CCOc2ccc(-c3nc4ccc(C(N)=O)cc4[nH]3)cc2)cc1. The molecule has 3 aromatic carbocycles. The van der Waals surface area contributed by atoms with Crippen LogP contribution in [0.3, 0.4) is 0 Å². The van der Waals surface area contributed by atoms with Crippen molar-refractivity contribution in [2.75, 3.05) is 20.3 Å². The molecule has 186 valence electrons. The second-order valence-electron chi connectivity index (χ2n) is 9.31. The molecule has 7 nitrogen and oxygen atoms in total. The number of benzene rings is 3. The van der Waals surface area contributed by atoms with Crippen molar-refractivity contribution in [3.05, 3.63) is 77.9 Å². The summed E-state index contributed by atoms with van der Waals surface area (Å²) in [5.41, 5.74) is 9.69. The van der Waals surface area contributed by atoms with Crippen LogP contribution in [0.5, 0.6) is 11.5 Å². The first-order valence-electron chi connectivity index (χ1n) is 12.5. The number of hydrogen-bond acceptors (Lipinski definition) is 5. The van der Waals surface area contributed by atoms with Crippen LogP contribution in [0, 0.1) is 0 Å². The van der Waals surface area contributed by atoms with Crippen molar-refractivity contribution < 1.29 is 14.3 Å². The van der Waals surface area contributed by atoms with Crippen LogP contribution in [0.4, 0.5) is 0 Å². The second kappa shape index (κ2) is 10.8. The number of imidazole rings is 1. The first-order chi connectivity index (χ1) is 17.6. The van der Waals surface area contributed by atoms with E-state index in [2.05, 4.69) is 27.0 Å². The fourth-order valence-corrected chi connectivity index (χ4v) is 4.88. The molecule has 1 fully saturated rings. The molecule has 1 aliphatic heterocycles. The molecule has 0 radical (unpaired) electrons. The summed E-state index contributed by atoms with van der Waals surface area (Å²) in [6.45, 7) is 2.77. The third kappa shape index (κ3) is 5.52. The van der Waals surface area contributed by atoms with E-state index in [1.807, 2.05) is 36.4 Å². The summed E-state index contributed by atoms with van der Waals surface area (Å²) >= 11 is 0. The number of nitrogens with two attached hydrogens (primary N) is 1. The van der Waals surface area contributed by atoms with Gasteiger partial charge in [0.15, 0.2) is 0 Å². The normalized spacial score (nSPS) is 16.2. The molecule has 0 saturated carbocycles. The second-order valence-corrected chi connectivity index (χ2v) is 9.31. The summed E-state index contributed by atoms with van der Waals surface area (Å²) in [5, 5.41) is 0. The summed E-state index contributed by atoms with van der Waals surface area (Å²) in [6, 6.07) is 22.1. The average Bonchev–Trinajstić information content (AvgIpc) is 3.34. The number of amides is 1. The van der Waals surface area contributed by atoms with Crippen molar-refractivity contribution in [1.29, 1.82) is 0 Å². The zero-order chi connectivity index (χ0) is 24.9. The first-order valence-corrected chi connectivity index (χ1v) is 12.5. The number of primary amides is 1. The number of methoxy groups -OCH3 is 1. The van der Waals surface area contributed by atoms with Gasteiger partial charge in [-0.05, 0) is 86.0 Å². The topological polar surface area (TPSA) is 93.5 Å². The molecule has 1 unspecified atom stereocenters. The van der Waals surface area contributed by atoms with Crippen LogP contribution in [0.15, 0.2) is 66.7 Å². The van der Waals surface area contributed by atoms with Gasteiger partial charge >= 0.3 is 0 Å². The molecule has 5 rings (SSSR count). The maximum absolute atomic E-state index is 11.4. The number of carbonyl (C=O) groups excluding carboxylic acids is 1. The van der Waals surface area contributed by atoms with Crippen LogP contribution in [-0.4, -0.2) is 47.1 Å². The number of piperidine rings is 1. The molecule has 3 N–H and O–H groups in total. The van der Waals surface area contributed by atoms with Crippen LogP contribution < -0.4 is 15.2 Å². The molecule has 4 aromatic rings. The van der Waals surface area contributed by atoms with Crippen molar-refractivity contribution in [1.82, 2.24) is 14.9 Å². The van der Waals surface area contributed by atoms with Gasteiger partial charge in [-0.3, -0.25) is 9.69 Å². The number of fused-ring (bicyclic) bond motifs is 1. The highest BCUT2D eigenvalue weighted by atomic mass is 16.5. The number of likely N-dealkylation sites (tertiary alicyclic amines) is 1. The predicted octanol–water partition coefficient (Wildman–Crippen LogP) is 5.16. The lowest BCUT2D eigenvalue weighted by molar-refractivity contribution is 0.100. The summed E-state index contributed by atoms with van der Waals surface area (Å²) < 4.78 is 11.4. The molecule has 2 heterocycles. The molecule has 7 heteroatoms. The van der Waals surface area contributed by atoms with E-state index in [1.165, 1.54) is 24.8 Å². The Balaban J connectivity index is 1.17. The molecule has 0 aliphatic carbocycles. The van der Waals surface area contributed by atoms with Crippen LogP contribution in [0.25, 0.3) is 22.4 Å².